The number of pyridine rings is 1. The summed E-state index contributed by atoms with van der Waals surface area (Å²) >= 11 is 5.71. The maximum absolute atomic E-state index is 14.5. The molecule has 0 radical (unpaired) electrons. The number of hydrogen-bond donors (Lipinski definition) is 3. The topological polar surface area (TPSA) is 92.3 Å². The van der Waals surface area contributed by atoms with Crippen molar-refractivity contribution >= 4 is 40.7 Å². The van der Waals surface area contributed by atoms with Gasteiger partial charge in [-0.2, -0.15) is 0 Å². The Morgan fingerprint density at radius 1 is 1.00 bits per heavy atom. The number of amides is 3. The first-order valence-corrected chi connectivity index (χ1v) is 10.6. The van der Waals surface area contributed by atoms with E-state index in [9.17, 15) is 22.8 Å². The molecule has 3 N–H and O–H groups in total. The van der Waals surface area contributed by atoms with Crippen molar-refractivity contribution in [1.82, 2.24) is 4.98 Å². The number of benzene rings is 2. The fraction of sp³-hybridized carbons (Fsp3) is 0.174. The van der Waals surface area contributed by atoms with Gasteiger partial charge in [-0.1, -0.05) is 11.6 Å². The van der Waals surface area contributed by atoms with E-state index in [4.69, 9.17) is 16.3 Å². The molecule has 0 saturated heterocycles. The highest BCUT2D eigenvalue weighted by Crippen LogP contribution is 2.32. The third-order valence-corrected chi connectivity index (χ3v) is 5.19. The number of carbonyl (C=O) groups is 2. The van der Waals surface area contributed by atoms with Crippen LogP contribution >= 0.6 is 11.6 Å². The summed E-state index contributed by atoms with van der Waals surface area (Å²) in [4.78, 5) is 28.1. The van der Waals surface area contributed by atoms with Crippen molar-refractivity contribution in [2.45, 2.75) is 19.3 Å². The molecule has 1 fully saturated rings. The molecule has 4 rings (SSSR count). The lowest BCUT2D eigenvalue weighted by molar-refractivity contribution is -0.117. The van der Waals surface area contributed by atoms with Crippen LogP contribution in [0, 0.1) is 11.7 Å². The number of ether oxygens (including phenoxy) is 1. The van der Waals surface area contributed by atoms with Gasteiger partial charge in [-0.3, -0.25) is 4.79 Å². The largest absolute Gasteiger partial charge is 0.457 e. The highest BCUT2D eigenvalue weighted by atomic mass is 35.5. The van der Waals surface area contributed by atoms with Gasteiger partial charge >= 0.3 is 6.03 Å². The lowest BCUT2D eigenvalue weighted by atomic mass is 10.2. The molecule has 0 atom stereocenters. The second-order valence-corrected chi connectivity index (χ2v) is 7.91. The predicted octanol–water partition coefficient (Wildman–Crippen LogP) is 6.60. The summed E-state index contributed by atoms with van der Waals surface area (Å²) in [5.41, 5.74) is -0.515. The molecule has 0 bridgehead atoms. The third-order valence-electron chi connectivity index (χ3n) is 4.84. The van der Waals surface area contributed by atoms with Crippen molar-refractivity contribution in [2.24, 2.45) is 5.92 Å². The number of nitrogens with zero attached hydrogens (tertiary/aromatic N) is 1. The molecule has 1 heterocycles. The summed E-state index contributed by atoms with van der Waals surface area (Å²) in [5.74, 6) is -0.0718. The zero-order valence-electron chi connectivity index (χ0n) is 17.4. The highest BCUT2D eigenvalue weighted by Gasteiger charge is 2.29. The van der Waals surface area contributed by atoms with Gasteiger partial charge in [0.15, 0.2) is 0 Å². The van der Waals surface area contributed by atoms with E-state index < -0.39 is 23.8 Å². The Hall–Kier alpha value is -3.79. The molecule has 0 aliphatic heterocycles. The van der Waals surface area contributed by atoms with Gasteiger partial charge in [0.05, 0.1) is 5.69 Å². The highest BCUT2D eigenvalue weighted by molar-refractivity contribution is 6.31. The van der Waals surface area contributed by atoms with Gasteiger partial charge in [0.2, 0.25) is 5.91 Å². The van der Waals surface area contributed by atoms with Crippen LogP contribution in [0.5, 0.6) is 11.5 Å². The average Bonchev–Trinajstić information content (AvgIpc) is 3.63. The molecular weight excluding hydrogens is 473 g/mol. The fourth-order valence-corrected chi connectivity index (χ4v) is 3.19. The summed E-state index contributed by atoms with van der Waals surface area (Å²) in [6.45, 7) is 0. The van der Waals surface area contributed by atoms with E-state index in [1.54, 1.807) is 6.07 Å². The first-order chi connectivity index (χ1) is 16.3. The molecule has 176 valence electrons. The summed E-state index contributed by atoms with van der Waals surface area (Å²) in [7, 11) is 0. The normalized spacial score (nSPS) is 12.9. The Morgan fingerprint density at radius 3 is 2.47 bits per heavy atom. The second kappa shape index (κ2) is 10.0. The lowest BCUT2D eigenvalue weighted by Gasteiger charge is -2.12. The zero-order valence-corrected chi connectivity index (χ0v) is 18.2. The Kier molecular flexibility index (Phi) is 6.87. The molecule has 2 aromatic carbocycles. The van der Waals surface area contributed by atoms with Crippen LogP contribution in [-0.4, -0.2) is 16.9 Å². The molecule has 3 aromatic rings. The molecule has 34 heavy (non-hydrogen) atoms. The number of carbonyl (C=O) groups excluding carboxylic acids is 2. The monoisotopic (exact) mass is 490 g/mol. The Labute approximate surface area is 197 Å². The lowest BCUT2D eigenvalue weighted by Crippen LogP contribution is -2.20. The predicted molar refractivity (Wildman–Crippen MR) is 121 cm³/mol. The second-order valence-electron chi connectivity index (χ2n) is 7.50. The maximum atomic E-state index is 14.5. The van der Waals surface area contributed by atoms with Crippen LogP contribution in [0.25, 0.3) is 0 Å². The van der Waals surface area contributed by atoms with Crippen molar-refractivity contribution in [1.29, 1.82) is 0 Å². The molecule has 1 aliphatic carbocycles. The van der Waals surface area contributed by atoms with Crippen LogP contribution in [0.3, 0.4) is 0 Å². The average molecular weight is 491 g/mol. The van der Waals surface area contributed by atoms with Gasteiger partial charge in [-0.25, -0.2) is 22.9 Å². The van der Waals surface area contributed by atoms with Crippen molar-refractivity contribution in [3.63, 3.8) is 0 Å². The van der Waals surface area contributed by atoms with Gasteiger partial charge in [0, 0.05) is 40.5 Å². The third kappa shape index (κ3) is 5.96. The van der Waals surface area contributed by atoms with Crippen molar-refractivity contribution in [3.05, 3.63) is 71.1 Å². The summed E-state index contributed by atoms with van der Waals surface area (Å²) in [6, 6.07) is 9.62. The molecule has 1 aromatic heterocycles. The number of hydrogen-bond acceptors (Lipinski definition) is 4. The molecule has 0 spiro atoms. The van der Waals surface area contributed by atoms with Gasteiger partial charge in [0.1, 0.15) is 23.1 Å². The molecular formula is C23H18ClF3N4O3. The Balaban J connectivity index is 1.38. The molecule has 7 nitrogen and oxygen atoms in total. The van der Waals surface area contributed by atoms with Crippen molar-refractivity contribution < 1.29 is 27.5 Å². The van der Waals surface area contributed by atoms with E-state index in [2.05, 4.69) is 20.9 Å². The number of aromatic nitrogens is 1. The van der Waals surface area contributed by atoms with E-state index in [1.807, 2.05) is 0 Å². The quantitative estimate of drug-likeness (QED) is 0.348. The smallest absolute Gasteiger partial charge is 0.323 e. The fourth-order valence-electron chi connectivity index (χ4n) is 2.99. The first-order valence-electron chi connectivity index (χ1n) is 10.2. The number of urea groups is 1. The van der Waals surface area contributed by atoms with Gasteiger partial charge < -0.3 is 20.7 Å². The van der Waals surface area contributed by atoms with E-state index in [-0.39, 0.29) is 34.0 Å². The van der Waals surface area contributed by atoms with Crippen LogP contribution in [-0.2, 0) is 4.79 Å². The summed E-state index contributed by atoms with van der Waals surface area (Å²) in [6.07, 6.45) is 0.352. The minimum Gasteiger partial charge on any atom is -0.457 e. The van der Waals surface area contributed by atoms with Crippen LogP contribution in [0.1, 0.15) is 24.8 Å². The Bertz CT molecular complexity index is 1240. The molecule has 0 unspecified atom stereocenters. The number of halogens is 4. The number of rotatable bonds is 7. The van der Waals surface area contributed by atoms with Gasteiger partial charge in [-0.15, -0.1) is 0 Å². The molecule has 1 saturated carbocycles. The van der Waals surface area contributed by atoms with E-state index in [0.29, 0.717) is 11.6 Å². The summed E-state index contributed by atoms with van der Waals surface area (Å²) in [5, 5.41) is 7.22. The maximum Gasteiger partial charge on any atom is 0.323 e. The summed E-state index contributed by atoms with van der Waals surface area (Å²) < 4.78 is 46.0. The SMILES string of the molecule is O=C(Nc1ccc(Cl)c(C(F)F)c1)Nc1ccc(Oc2ccnc(NC(=O)C3CC3)c2)cc1F. The minimum absolute atomic E-state index is 0.0174. The van der Waals surface area contributed by atoms with E-state index in [0.717, 1.165) is 25.0 Å². The molecule has 11 heteroatoms. The standard InChI is InChI=1S/C23H18ClF3N4O3/c24-17-5-3-13(9-16(17)21(26)27)29-23(33)30-19-6-4-14(10-18(19)25)34-15-7-8-28-20(11-15)31-22(32)12-1-2-12/h3-12,21H,1-2H2,(H,28,31,32)(H2,29,30,33). The van der Waals surface area contributed by atoms with E-state index in [1.165, 1.54) is 36.5 Å². The molecule has 3 amide bonds. The van der Waals surface area contributed by atoms with Crippen LogP contribution in [0.15, 0.2) is 54.7 Å². The Morgan fingerprint density at radius 2 is 1.76 bits per heavy atom. The van der Waals surface area contributed by atoms with Crippen molar-refractivity contribution in [3.8, 4) is 11.5 Å². The first kappa shape index (κ1) is 23.4. The number of nitrogens with one attached hydrogen (secondary N) is 3. The number of anilines is 3. The van der Waals surface area contributed by atoms with E-state index >= 15 is 0 Å². The van der Waals surface area contributed by atoms with Crippen molar-refractivity contribution in [2.75, 3.05) is 16.0 Å². The van der Waals surface area contributed by atoms with Crippen LogP contribution in [0.4, 0.5) is 35.2 Å². The van der Waals surface area contributed by atoms with Crippen LogP contribution < -0.4 is 20.7 Å². The van der Waals surface area contributed by atoms with Gasteiger partial charge in [0.25, 0.3) is 6.43 Å². The van der Waals surface area contributed by atoms with Gasteiger partial charge in [-0.05, 0) is 49.2 Å². The zero-order chi connectivity index (χ0) is 24.2. The van der Waals surface area contributed by atoms with Crippen LogP contribution in [0.2, 0.25) is 5.02 Å². The number of alkyl halides is 2. The minimum atomic E-state index is -2.81. The molecule has 1 aliphatic rings.